The van der Waals surface area contributed by atoms with Crippen molar-refractivity contribution in [3.05, 3.63) is 35.7 Å². The summed E-state index contributed by atoms with van der Waals surface area (Å²) < 4.78 is 0. The predicted molar refractivity (Wildman–Crippen MR) is 83.6 cm³/mol. The Morgan fingerprint density at radius 2 is 1.79 bits per heavy atom. The molecule has 104 valence electrons. The van der Waals surface area contributed by atoms with Crippen LogP contribution in [0.1, 0.15) is 59.2 Å². The highest BCUT2D eigenvalue weighted by Crippen LogP contribution is 2.27. The van der Waals surface area contributed by atoms with Crippen LogP contribution in [-0.2, 0) is 11.8 Å². The summed E-state index contributed by atoms with van der Waals surface area (Å²) in [5.74, 6) is 0. The van der Waals surface area contributed by atoms with Gasteiger partial charge in [-0.25, -0.2) is 4.98 Å². The standard InChI is InChI=1S/C15H20N2.C2H6/c1-5-7-11-10-16-14-12(15(2,3)4)8-6-9-13(14)17-11;1-2/h6,8-10H,5,7H2,1-4H3;1-2H3. The van der Waals surface area contributed by atoms with Gasteiger partial charge in [0.2, 0.25) is 0 Å². The number of nitrogens with zero attached hydrogens (tertiary/aromatic N) is 2. The minimum Gasteiger partial charge on any atom is -0.252 e. The average Bonchev–Trinajstić information content (AvgIpc) is 2.39. The molecule has 2 nitrogen and oxygen atoms in total. The number of aryl methyl sites for hydroxylation is 1. The van der Waals surface area contributed by atoms with Crippen molar-refractivity contribution < 1.29 is 0 Å². The first-order valence-corrected chi connectivity index (χ1v) is 7.27. The summed E-state index contributed by atoms with van der Waals surface area (Å²) >= 11 is 0. The van der Waals surface area contributed by atoms with Crippen molar-refractivity contribution in [3.63, 3.8) is 0 Å². The third kappa shape index (κ3) is 3.76. The number of rotatable bonds is 2. The second kappa shape index (κ2) is 6.65. The third-order valence-corrected chi connectivity index (χ3v) is 2.94. The fourth-order valence-electron chi connectivity index (χ4n) is 2.06. The van der Waals surface area contributed by atoms with Gasteiger partial charge in [-0.05, 0) is 23.5 Å². The summed E-state index contributed by atoms with van der Waals surface area (Å²) in [6.45, 7) is 12.8. The maximum atomic E-state index is 4.68. The minimum absolute atomic E-state index is 0.112. The van der Waals surface area contributed by atoms with Crippen LogP contribution >= 0.6 is 0 Å². The first-order chi connectivity index (χ1) is 9.02. The van der Waals surface area contributed by atoms with E-state index in [-0.39, 0.29) is 5.41 Å². The number of hydrogen-bond donors (Lipinski definition) is 0. The Kier molecular flexibility index (Phi) is 5.46. The van der Waals surface area contributed by atoms with Gasteiger partial charge in [-0.1, -0.05) is 60.1 Å². The number of benzene rings is 1. The number of para-hydroxylation sites is 1. The smallest absolute Gasteiger partial charge is 0.0924 e. The first kappa shape index (κ1) is 15.6. The molecule has 1 aromatic carbocycles. The summed E-state index contributed by atoms with van der Waals surface area (Å²) in [5, 5.41) is 0. The van der Waals surface area contributed by atoms with E-state index in [4.69, 9.17) is 0 Å². The van der Waals surface area contributed by atoms with E-state index in [0.717, 1.165) is 29.6 Å². The van der Waals surface area contributed by atoms with E-state index >= 15 is 0 Å². The van der Waals surface area contributed by atoms with E-state index in [1.54, 1.807) is 0 Å². The molecule has 0 aliphatic carbocycles. The van der Waals surface area contributed by atoms with Crippen molar-refractivity contribution in [3.8, 4) is 0 Å². The average molecular weight is 258 g/mol. The molecule has 0 unspecified atom stereocenters. The van der Waals surface area contributed by atoms with Gasteiger partial charge in [0.1, 0.15) is 0 Å². The van der Waals surface area contributed by atoms with E-state index in [1.165, 1.54) is 5.56 Å². The lowest BCUT2D eigenvalue weighted by atomic mass is 9.86. The fraction of sp³-hybridized carbons (Fsp3) is 0.529. The number of fused-ring (bicyclic) bond motifs is 1. The van der Waals surface area contributed by atoms with Crippen molar-refractivity contribution in [2.45, 2.75) is 59.8 Å². The van der Waals surface area contributed by atoms with Crippen LogP contribution in [0.15, 0.2) is 24.4 Å². The van der Waals surface area contributed by atoms with Gasteiger partial charge in [0, 0.05) is 6.20 Å². The maximum Gasteiger partial charge on any atom is 0.0924 e. The molecule has 0 aliphatic heterocycles. The third-order valence-electron chi connectivity index (χ3n) is 2.94. The molecule has 1 heterocycles. The highest BCUT2D eigenvalue weighted by Gasteiger charge is 2.17. The topological polar surface area (TPSA) is 25.8 Å². The van der Waals surface area contributed by atoms with Crippen LogP contribution < -0.4 is 0 Å². The molecule has 0 atom stereocenters. The molecule has 0 N–H and O–H groups in total. The van der Waals surface area contributed by atoms with Gasteiger partial charge in [-0.2, -0.15) is 0 Å². The molecule has 2 rings (SSSR count). The van der Waals surface area contributed by atoms with Crippen LogP contribution in [0, 0.1) is 0 Å². The molecule has 19 heavy (non-hydrogen) atoms. The zero-order valence-electron chi connectivity index (χ0n) is 13.1. The van der Waals surface area contributed by atoms with Crippen LogP contribution in [0.25, 0.3) is 11.0 Å². The zero-order chi connectivity index (χ0) is 14.5. The van der Waals surface area contributed by atoms with Crippen LogP contribution in [0.5, 0.6) is 0 Å². The van der Waals surface area contributed by atoms with Gasteiger partial charge in [0.15, 0.2) is 0 Å². The van der Waals surface area contributed by atoms with Gasteiger partial charge in [-0.15, -0.1) is 0 Å². The first-order valence-electron chi connectivity index (χ1n) is 7.27. The second-order valence-electron chi connectivity index (χ2n) is 5.53. The second-order valence-corrected chi connectivity index (χ2v) is 5.53. The zero-order valence-corrected chi connectivity index (χ0v) is 13.1. The van der Waals surface area contributed by atoms with E-state index in [9.17, 15) is 0 Å². The fourth-order valence-corrected chi connectivity index (χ4v) is 2.06. The van der Waals surface area contributed by atoms with Crippen molar-refractivity contribution in [1.29, 1.82) is 0 Å². The van der Waals surface area contributed by atoms with Crippen molar-refractivity contribution in [1.82, 2.24) is 9.97 Å². The van der Waals surface area contributed by atoms with Gasteiger partial charge in [0.25, 0.3) is 0 Å². The molecule has 0 spiro atoms. The Balaban J connectivity index is 0.000000861. The van der Waals surface area contributed by atoms with Crippen molar-refractivity contribution in [2.75, 3.05) is 0 Å². The minimum atomic E-state index is 0.112. The lowest BCUT2D eigenvalue weighted by Gasteiger charge is -2.20. The molecular formula is C17H26N2. The summed E-state index contributed by atoms with van der Waals surface area (Å²) in [4.78, 5) is 9.28. The van der Waals surface area contributed by atoms with Crippen molar-refractivity contribution >= 4 is 11.0 Å². The van der Waals surface area contributed by atoms with E-state index < -0.39 is 0 Å². The number of hydrogen-bond acceptors (Lipinski definition) is 2. The lowest BCUT2D eigenvalue weighted by Crippen LogP contribution is -2.12. The Labute approximate surface area is 117 Å². The van der Waals surface area contributed by atoms with Crippen LogP contribution in [0.4, 0.5) is 0 Å². The molecule has 1 aromatic heterocycles. The predicted octanol–water partition coefficient (Wildman–Crippen LogP) is 4.91. The van der Waals surface area contributed by atoms with Crippen LogP contribution in [0.3, 0.4) is 0 Å². The molecule has 0 amide bonds. The normalized spacial score (nSPS) is 11.1. The SMILES string of the molecule is CC.CCCc1cnc2c(C(C)(C)C)cccc2n1. The van der Waals surface area contributed by atoms with Gasteiger partial charge < -0.3 is 0 Å². The molecule has 0 saturated carbocycles. The van der Waals surface area contributed by atoms with Gasteiger partial charge in [-0.3, -0.25) is 4.98 Å². The number of aromatic nitrogens is 2. The quantitative estimate of drug-likeness (QED) is 0.765. The molecule has 0 saturated heterocycles. The summed E-state index contributed by atoms with van der Waals surface area (Å²) in [5.41, 5.74) is 4.53. The highest BCUT2D eigenvalue weighted by atomic mass is 14.8. The molecule has 0 aliphatic rings. The van der Waals surface area contributed by atoms with Crippen LogP contribution in [-0.4, -0.2) is 9.97 Å². The van der Waals surface area contributed by atoms with E-state index in [2.05, 4.69) is 55.9 Å². The summed E-state index contributed by atoms with van der Waals surface area (Å²) in [7, 11) is 0. The molecule has 2 heteroatoms. The molecular weight excluding hydrogens is 232 g/mol. The Hall–Kier alpha value is -1.44. The van der Waals surface area contributed by atoms with E-state index in [0.29, 0.717) is 0 Å². The summed E-state index contributed by atoms with van der Waals surface area (Å²) in [6, 6.07) is 6.28. The molecule has 0 radical (unpaired) electrons. The van der Waals surface area contributed by atoms with Gasteiger partial charge in [0.05, 0.1) is 16.7 Å². The monoisotopic (exact) mass is 258 g/mol. The molecule has 0 fully saturated rings. The summed E-state index contributed by atoms with van der Waals surface area (Å²) in [6.07, 6.45) is 4.03. The lowest BCUT2D eigenvalue weighted by molar-refractivity contribution is 0.594. The Bertz CT molecular complexity index is 524. The Morgan fingerprint density at radius 1 is 1.11 bits per heavy atom. The Morgan fingerprint density at radius 3 is 2.37 bits per heavy atom. The highest BCUT2D eigenvalue weighted by molar-refractivity contribution is 5.78. The largest absolute Gasteiger partial charge is 0.252 e. The van der Waals surface area contributed by atoms with Crippen LogP contribution in [0.2, 0.25) is 0 Å². The maximum absolute atomic E-state index is 4.68. The van der Waals surface area contributed by atoms with Gasteiger partial charge >= 0.3 is 0 Å². The molecule has 0 bridgehead atoms. The molecule has 2 aromatic rings. The van der Waals surface area contributed by atoms with E-state index in [1.807, 2.05) is 20.0 Å². The van der Waals surface area contributed by atoms with Crippen molar-refractivity contribution in [2.24, 2.45) is 0 Å².